The number of fused-ring (bicyclic) bond motifs is 2. The zero-order chi connectivity index (χ0) is 19.1. The molecule has 136 valence electrons. The molecule has 3 heterocycles. The van der Waals surface area contributed by atoms with Gasteiger partial charge in [0.15, 0.2) is 5.65 Å². The van der Waals surface area contributed by atoms with Crippen LogP contribution in [0.3, 0.4) is 0 Å². The maximum absolute atomic E-state index is 12.5. The summed E-state index contributed by atoms with van der Waals surface area (Å²) < 4.78 is 0. The topological polar surface area (TPSA) is 84.0 Å². The van der Waals surface area contributed by atoms with Crippen molar-refractivity contribution in [1.82, 2.24) is 15.3 Å². The maximum Gasteiger partial charge on any atom is 0.252 e. The van der Waals surface area contributed by atoms with E-state index >= 15 is 0 Å². The van der Waals surface area contributed by atoms with Crippen molar-refractivity contribution in [3.63, 3.8) is 0 Å². The molecule has 6 heteroatoms. The van der Waals surface area contributed by atoms with E-state index in [0.29, 0.717) is 17.0 Å². The first kappa shape index (κ1) is 17.1. The van der Waals surface area contributed by atoms with Gasteiger partial charge < -0.3 is 10.6 Å². The molecule has 4 rings (SSSR count). The van der Waals surface area contributed by atoms with Crippen molar-refractivity contribution < 1.29 is 9.59 Å². The molecule has 3 aromatic rings. The molecule has 1 aliphatic heterocycles. The number of nitrogens with one attached hydrogen (secondary N) is 2. The number of aryl methyl sites for hydroxylation is 2. The van der Waals surface area contributed by atoms with Crippen molar-refractivity contribution in [1.29, 1.82) is 0 Å². The summed E-state index contributed by atoms with van der Waals surface area (Å²) in [7, 11) is 0. The van der Waals surface area contributed by atoms with Crippen LogP contribution in [-0.2, 0) is 4.79 Å². The second-order valence-corrected chi connectivity index (χ2v) is 6.88. The number of nitrogens with zero attached hydrogens (tertiary/aromatic N) is 2. The van der Waals surface area contributed by atoms with Crippen LogP contribution in [0.5, 0.6) is 0 Å². The summed E-state index contributed by atoms with van der Waals surface area (Å²) in [6.07, 6.45) is 0.155. The lowest BCUT2D eigenvalue weighted by Crippen LogP contribution is -2.24. The first-order valence-corrected chi connectivity index (χ1v) is 8.88. The summed E-state index contributed by atoms with van der Waals surface area (Å²) in [6.45, 7) is 6.04. The Morgan fingerprint density at radius 3 is 2.67 bits per heavy atom. The minimum absolute atomic E-state index is 0.141. The van der Waals surface area contributed by atoms with E-state index in [1.807, 2.05) is 45.0 Å². The van der Waals surface area contributed by atoms with Gasteiger partial charge in [-0.1, -0.05) is 18.2 Å². The summed E-state index contributed by atoms with van der Waals surface area (Å²) in [5, 5.41) is 6.65. The molecule has 1 aliphatic rings. The minimum atomic E-state index is -0.320. The number of hydrogen-bond acceptors (Lipinski definition) is 4. The van der Waals surface area contributed by atoms with E-state index < -0.39 is 0 Å². The van der Waals surface area contributed by atoms with Crippen LogP contribution in [-0.4, -0.2) is 21.8 Å². The summed E-state index contributed by atoms with van der Waals surface area (Å²) in [6, 6.07) is 10.7. The average molecular weight is 360 g/mol. The van der Waals surface area contributed by atoms with Gasteiger partial charge in [-0.05, 0) is 55.7 Å². The van der Waals surface area contributed by atoms with Crippen molar-refractivity contribution in [3.8, 4) is 0 Å². The number of rotatable bonds is 3. The second kappa shape index (κ2) is 6.46. The smallest absolute Gasteiger partial charge is 0.252 e. The average Bonchev–Trinajstić information content (AvgIpc) is 2.95. The lowest BCUT2D eigenvalue weighted by molar-refractivity contribution is -0.116. The Labute approximate surface area is 157 Å². The van der Waals surface area contributed by atoms with E-state index in [4.69, 9.17) is 0 Å². The van der Waals surface area contributed by atoms with Gasteiger partial charge in [0.1, 0.15) is 5.82 Å². The van der Waals surface area contributed by atoms with E-state index in [0.717, 1.165) is 27.8 Å². The minimum Gasteiger partial charge on any atom is -0.345 e. The third kappa shape index (κ3) is 3.03. The zero-order valence-electron chi connectivity index (χ0n) is 15.5. The largest absolute Gasteiger partial charge is 0.345 e. The van der Waals surface area contributed by atoms with Gasteiger partial charge in [-0.15, -0.1) is 0 Å². The Hall–Kier alpha value is -3.28. The van der Waals surface area contributed by atoms with Crippen LogP contribution in [0.1, 0.15) is 45.2 Å². The summed E-state index contributed by atoms with van der Waals surface area (Å²) in [4.78, 5) is 33.5. The van der Waals surface area contributed by atoms with Crippen molar-refractivity contribution >= 4 is 28.7 Å². The molecule has 6 nitrogen and oxygen atoms in total. The normalized spacial score (nSPS) is 15.5. The predicted octanol–water partition coefficient (Wildman–Crippen LogP) is 3.37. The van der Waals surface area contributed by atoms with Gasteiger partial charge in [-0.25, -0.2) is 9.97 Å². The molecule has 27 heavy (non-hydrogen) atoms. The number of pyridine rings is 2. The summed E-state index contributed by atoms with van der Waals surface area (Å²) >= 11 is 0. The molecule has 1 unspecified atom stereocenters. The molecule has 1 atom stereocenters. The van der Waals surface area contributed by atoms with Gasteiger partial charge >= 0.3 is 0 Å². The summed E-state index contributed by atoms with van der Waals surface area (Å²) in [5.41, 5.74) is 5.33. The molecule has 2 aromatic heterocycles. The highest BCUT2D eigenvalue weighted by atomic mass is 16.2. The standard InChI is InChI=1S/C21H20N4O2/c1-11-12(2)14-8-9-18(25-20(14)22-13(11)3)24-19(26)10-17-15-6-4-5-7-16(15)21(27)23-17/h4-9,17H,10H2,1-3H3,(H,23,27)(H,22,24,25,26). The first-order chi connectivity index (χ1) is 12.9. The number of amides is 2. The molecule has 0 radical (unpaired) electrons. The van der Waals surface area contributed by atoms with Crippen LogP contribution in [0.15, 0.2) is 36.4 Å². The number of benzene rings is 1. The van der Waals surface area contributed by atoms with Gasteiger partial charge in [0.2, 0.25) is 5.91 Å². The van der Waals surface area contributed by atoms with Crippen LogP contribution >= 0.6 is 0 Å². The molecule has 2 amide bonds. The Morgan fingerprint density at radius 2 is 1.85 bits per heavy atom. The molecule has 0 bridgehead atoms. The number of carbonyl (C=O) groups is 2. The molecule has 2 N–H and O–H groups in total. The van der Waals surface area contributed by atoms with E-state index in [2.05, 4.69) is 20.6 Å². The van der Waals surface area contributed by atoms with E-state index in [9.17, 15) is 9.59 Å². The maximum atomic E-state index is 12.5. The van der Waals surface area contributed by atoms with Crippen LogP contribution in [0.2, 0.25) is 0 Å². The van der Waals surface area contributed by atoms with Crippen molar-refractivity contribution in [2.24, 2.45) is 0 Å². The van der Waals surface area contributed by atoms with Gasteiger partial charge in [0, 0.05) is 16.6 Å². The third-order valence-electron chi connectivity index (χ3n) is 5.20. The first-order valence-electron chi connectivity index (χ1n) is 8.88. The molecule has 0 aliphatic carbocycles. The molecule has 0 spiro atoms. The molecular weight excluding hydrogens is 340 g/mol. The lowest BCUT2D eigenvalue weighted by Gasteiger charge is -2.13. The van der Waals surface area contributed by atoms with Gasteiger partial charge in [-0.3, -0.25) is 9.59 Å². The molecule has 0 saturated carbocycles. The van der Waals surface area contributed by atoms with Crippen molar-refractivity contribution in [3.05, 3.63) is 64.3 Å². The zero-order valence-corrected chi connectivity index (χ0v) is 15.5. The van der Waals surface area contributed by atoms with E-state index in [1.54, 1.807) is 12.1 Å². The van der Waals surface area contributed by atoms with Crippen LogP contribution in [0, 0.1) is 20.8 Å². The molecule has 1 aromatic carbocycles. The monoisotopic (exact) mass is 360 g/mol. The third-order valence-corrected chi connectivity index (χ3v) is 5.20. The fourth-order valence-corrected chi connectivity index (χ4v) is 3.47. The van der Waals surface area contributed by atoms with Gasteiger partial charge in [0.25, 0.3) is 5.91 Å². The molecule has 0 saturated heterocycles. The Kier molecular flexibility index (Phi) is 4.11. The van der Waals surface area contributed by atoms with E-state index in [1.165, 1.54) is 0 Å². The molecular formula is C21H20N4O2. The van der Waals surface area contributed by atoms with Gasteiger partial charge in [-0.2, -0.15) is 0 Å². The second-order valence-electron chi connectivity index (χ2n) is 6.88. The fourth-order valence-electron chi connectivity index (χ4n) is 3.47. The van der Waals surface area contributed by atoms with Gasteiger partial charge in [0.05, 0.1) is 12.5 Å². The van der Waals surface area contributed by atoms with Crippen LogP contribution in [0.4, 0.5) is 5.82 Å². The summed E-state index contributed by atoms with van der Waals surface area (Å²) in [5.74, 6) is 0.113. The predicted molar refractivity (Wildman–Crippen MR) is 104 cm³/mol. The fraction of sp³-hybridized carbons (Fsp3) is 0.238. The highest BCUT2D eigenvalue weighted by molar-refractivity contribution is 6.00. The number of anilines is 1. The van der Waals surface area contributed by atoms with Crippen LogP contribution in [0.25, 0.3) is 11.0 Å². The van der Waals surface area contributed by atoms with Crippen molar-refractivity contribution in [2.45, 2.75) is 33.2 Å². The number of hydrogen-bond donors (Lipinski definition) is 2. The lowest BCUT2D eigenvalue weighted by atomic mass is 10.0. The highest BCUT2D eigenvalue weighted by Crippen LogP contribution is 2.28. The Morgan fingerprint density at radius 1 is 1.07 bits per heavy atom. The quantitative estimate of drug-likeness (QED) is 0.750. The van der Waals surface area contributed by atoms with Crippen LogP contribution < -0.4 is 10.6 Å². The Balaban J connectivity index is 1.54. The Bertz CT molecular complexity index is 1090. The SMILES string of the molecule is Cc1nc2nc(NC(=O)CC3NC(=O)c4ccccc43)ccc2c(C)c1C. The number of carbonyl (C=O) groups excluding carboxylic acids is 2. The van der Waals surface area contributed by atoms with E-state index in [-0.39, 0.29) is 24.3 Å². The van der Waals surface area contributed by atoms with Crippen molar-refractivity contribution in [2.75, 3.05) is 5.32 Å². The molecule has 0 fully saturated rings. The number of aromatic nitrogens is 2. The highest BCUT2D eigenvalue weighted by Gasteiger charge is 2.29.